The Morgan fingerprint density at radius 3 is 2.43 bits per heavy atom. The van der Waals surface area contributed by atoms with Crippen LogP contribution in [-0.4, -0.2) is 47.0 Å². The summed E-state index contributed by atoms with van der Waals surface area (Å²) in [6, 6.07) is 13.9. The van der Waals surface area contributed by atoms with E-state index in [4.69, 9.17) is 11.6 Å². The van der Waals surface area contributed by atoms with E-state index in [9.17, 15) is 18.7 Å². The van der Waals surface area contributed by atoms with Crippen molar-refractivity contribution in [3.63, 3.8) is 0 Å². The van der Waals surface area contributed by atoms with Gasteiger partial charge in [-0.1, -0.05) is 29.8 Å². The zero-order valence-electron chi connectivity index (χ0n) is 19.2. The molecule has 184 valence electrons. The Morgan fingerprint density at radius 1 is 1.03 bits per heavy atom. The molecule has 1 atom stereocenters. The molecule has 0 bridgehead atoms. The Balaban J connectivity index is 1.45. The molecule has 1 aromatic heterocycles. The smallest absolute Gasteiger partial charge is 0.339 e. The monoisotopic (exact) mass is 500 g/mol. The highest BCUT2D eigenvalue weighted by Gasteiger charge is 2.31. The lowest BCUT2D eigenvalue weighted by Gasteiger charge is -2.36. The average Bonchev–Trinajstić information content (AvgIpc) is 3.55. The lowest BCUT2D eigenvalue weighted by atomic mass is 9.99. The predicted molar refractivity (Wildman–Crippen MR) is 133 cm³/mol. The SMILES string of the molecule is O=C(O)c1cnn(C2CCCN(c3cc(Cl)ccc3-c3ccc(N4CCCC4)cc3)C2)c1C(F)F. The summed E-state index contributed by atoms with van der Waals surface area (Å²) in [5.74, 6) is -1.39. The van der Waals surface area contributed by atoms with Crippen LogP contribution in [0.25, 0.3) is 11.1 Å². The second kappa shape index (κ2) is 9.85. The van der Waals surface area contributed by atoms with Crippen LogP contribution in [0.5, 0.6) is 0 Å². The molecule has 0 aliphatic carbocycles. The van der Waals surface area contributed by atoms with E-state index in [-0.39, 0.29) is 6.04 Å². The van der Waals surface area contributed by atoms with Crippen LogP contribution in [0.1, 0.15) is 54.2 Å². The number of hydrogen-bond acceptors (Lipinski definition) is 4. The number of halogens is 3. The van der Waals surface area contributed by atoms with Crippen molar-refractivity contribution in [3.8, 4) is 11.1 Å². The molecule has 0 spiro atoms. The third kappa shape index (κ3) is 4.72. The van der Waals surface area contributed by atoms with Crippen molar-refractivity contribution in [2.45, 2.75) is 38.2 Å². The van der Waals surface area contributed by atoms with Crippen LogP contribution in [0.2, 0.25) is 5.02 Å². The highest BCUT2D eigenvalue weighted by Crippen LogP contribution is 2.38. The topological polar surface area (TPSA) is 61.6 Å². The van der Waals surface area contributed by atoms with E-state index in [0.717, 1.165) is 49.1 Å². The summed E-state index contributed by atoms with van der Waals surface area (Å²) in [5.41, 5.74) is 3.24. The van der Waals surface area contributed by atoms with Gasteiger partial charge in [-0.25, -0.2) is 13.6 Å². The molecule has 0 saturated carbocycles. The summed E-state index contributed by atoms with van der Waals surface area (Å²) in [7, 11) is 0. The summed E-state index contributed by atoms with van der Waals surface area (Å²) >= 11 is 6.38. The fourth-order valence-electron chi connectivity index (χ4n) is 5.26. The molecular weight excluding hydrogens is 474 g/mol. The summed E-state index contributed by atoms with van der Waals surface area (Å²) in [5, 5.41) is 14.0. The van der Waals surface area contributed by atoms with Crippen molar-refractivity contribution in [2.75, 3.05) is 36.0 Å². The van der Waals surface area contributed by atoms with Gasteiger partial charge < -0.3 is 14.9 Å². The standard InChI is InChI=1S/C26H27ClF2N4O2/c27-18-7-10-21(17-5-8-19(9-6-17)31-11-1-2-12-31)23(14-18)32-13-3-4-20(16-32)33-24(25(28)29)22(15-30-33)26(34)35/h5-10,14-15,20,25H,1-4,11-13,16H2,(H,34,35). The van der Waals surface area contributed by atoms with Crippen molar-refractivity contribution in [1.82, 2.24) is 9.78 Å². The number of nitrogens with zero attached hydrogens (tertiary/aromatic N) is 4. The average molecular weight is 501 g/mol. The molecule has 2 aliphatic heterocycles. The van der Waals surface area contributed by atoms with Gasteiger partial charge in [-0.3, -0.25) is 4.68 Å². The predicted octanol–water partition coefficient (Wildman–Crippen LogP) is 6.28. The molecule has 3 aromatic rings. The molecule has 2 aliphatic rings. The van der Waals surface area contributed by atoms with E-state index < -0.39 is 23.7 Å². The van der Waals surface area contributed by atoms with E-state index >= 15 is 0 Å². The number of rotatable bonds is 6. The Labute approximate surface area is 207 Å². The third-order valence-electron chi connectivity index (χ3n) is 6.96. The van der Waals surface area contributed by atoms with Crippen molar-refractivity contribution in [1.29, 1.82) is 0 Å². The number of aromatic carboxylic acids is 1. The number of carboxylic acid groups (broad SMARTS) is 1. The van der Waals surface area contributed by atoms with Crippen LogP contribution >= 0.6 is 11.6 Å². The molecule has 0 amide bonds. The van der Waals surface area contributed by atoms with Crippen LogP contribution in [0.3, 0.4) is 0 Å². The fraction of sp³-hybridized carbons (Fsp3) is 0.385. The molecule has 6 nitrogen and oxygen atoms in total. The van der Waals surface area contributed by atoms with Crippen LogP contribution < -0.4 is 9.80 Å². The van der Waals surface area contributed by atoms with E-state index in [2.05, 4.69) is 39.2 Å². The van der Waals surface area contributed by atoms with Gasteiger partial charge >= 0.3 is 5.97 Å². The molecule has 1 N–H and O–H groups in total. The first kappa shape index (κ1) is 23.6. The second-order valence-corrected chi connectivity index (χ2v) is 9.57. The van der Waals surface area contributed by atoms with Crippen molar-refractivity contribution in [2.24, 2.45) is 0 Å². The first-order valence-corrected chi connectivity index (χ1v) is 12.3. The molecule has 0 radical (unpaired) electrons. The lowest BCUT2D eigenvalue weighted by Crippen LogP contribution is -2.38. The third-order valence-corrected chi connectivity index (χ3v) is 7.20. The maximum absolute atomic E-state index is 13.8. The maximum atomic E-state index is 13.8. The Hall–Kier alpha value is -3.13. The first-order valence-electron chi connectivity index (χ1n) is 11.9. The number of aromatic nitrogens is 2. The molecule has 2 fully saturated rings. The highest BCUT2D eigenvalue weighted by atomic mass is 35.5. The molecule has 9 heteroatoms. The number of benzene rings is 2. The minimum absolute atomic E-state index is 0.370. The number of carbonyl (C=O) groups is 1. The molecule has 2 saturated heterocycles. The van der Waals surface area contributed by atoms with Crippen molar-refractivity contribution in [3.05, 3.63) is 64.9 Å². The number of piperidine rings is 1. The van der Waals surface area contributed by atoms with Gasteiger partial charge in [0.2, 0.25) is 0 Å². The van der Waals surface area contributed by atoms with Gasteiger partial charge in [-0.2, -0.15) is 5.10 Å². The molecule has 35 heavy (non-hydrogen) atoms. The van der Waals surface area contributed by atoms with Crippen LogP contribution in [0.4, 0.5) is 20.2 Å². The highest BCUT2D eigenvalue weighted by molar-refractivity contribution is 6.31. The van der Waals surface area contributed by atoms with Gasteiger partial charge in [0.15, 0.2) is 0 Å². The van der Waals surface area contributed by atoms with Crippen LogP contribution in [0.15, 0.2) is 48.7 Å². The Kier molecular flexibility index (Phi) is 6.65. The maximum Gasteiger partial charge on any atom is 0.339 e. The van der Waals surface area contributed by atoms with Gasteiger partial charge in [0.25, 0.3) is 6.43 Å². The fourth-order valence-corrected chi connectivity index (χ4v) is 5.42. The number of hydrogen-bond donors (Lipinski definition) is 1. The van der Waals surface area contributed by atoms with Crippen molar-refractivity contribution < 1.29 is 18.7 Å². The summed E-state index contributed by atoms with van der Waals surface area (Å²) in [6.45, 7) is 3.34. The summed E-state index contributed by atoms with van der Waals surface area (Å²) in [4.78, 5) is 16.0. The zero-order chi connectivity index (χ0) is 24.5. The normalized spacial score (nSPS) is 18.5. The van der Waals surface area contributed by atoms with E-state index in [1.54, 1.807) is 0 Å². The Morgan fingerprint density at radius 2 is 1.74 bits per heavy atom. The largest absolute Gasteiger partial charge is 0.478 e. The minimum atomic E-state index is -2.92. The van der Waals surface area contributed by atoms with Crippen LogP contribution in [0, 0.1) is 0 Å². The van der Waals surface area contributed by atoms with Gasteiger partial charge in [0.05, 0.1) is 12.2 Å². The molecular formula is C26H27ClF2N4O2. The van der Waals surface area contributed by atoms with E-state index in [1.165, 1.54) is 23.2 Å². The van der Waals surface area contributed by atoms with E-state index in [0.29, 0.717) is 18.0 Å². The van der Waals surface area contributed by atoms with Gasteiger partial charge in [0, 0.05) is 48.1 Å². The summed E-state index contributed by atoms with van der Waals surface area (Å²) in [6.07, 6.45) is 1.94. The molecule has 2 aromatic carbocycles. The van der Waals surface area contributed by atoms with Gasteiger partial charge in [-0.05, 0) is 55.5 Å². The molecule has 5 rings (SSSR count). The van der Waals surface area contributed by atoms with Crippen molar-refractivity contribution >= 4 is 28.9 Å². The van der Waals surface area contributed by atoms with E-state index in [1.807, 2.05) is 18.2 Å². The number of carboxylic acids is 1. The van der Waals surface area contributed by atoms with Gasteiger partial charge in [-0.15, -0.1) is 0 Å². The summed E-state index contributed by atoms with van der Waals surface area (Å²) < 4.78 is 28.8. The minimum Gasteiger partial charge on any atom is -0.478 e. The zero-order valence-corrected chi connectivity index (χ0v) is 20.0. The lowest BCUT2D eigenvalue weighted by molar-refractivity contribution is 0.0681. The quantitative estimate of drug-likeness (QED) is 0.431. The second-order valence-electron chi connectivity index (χ2n) is 9.14. The van der Waals surface area contributed by atoms with Gasteiger partial charge in [0.1, 0.15) is 11.3 Å². The first-order chi connectivity index (χ1) is 16.9. The molecule has 1 unspecified atom stereocenters. The molecule has 3 heterocycles. The number of alkyl halides is 2. The number of anilines is 2. The van der Waals surface area contributed by atoms with Crippen LogP contribution in [-0.2, 0) is 0 Å². The Bertz CT molecular complexity index is 1210.